The van der Waals surface area contributed by atoms with Crippen LogP contribution in [0.2, 0.25) is 0 Å². The van der Waals surface area contributed by atoms with Crippen LogP contribution in [0.15, 0.2) is 0 Å². The second kappa shape index (κ2) is 1.55. The molecule has 0 bridgehead atoms. The normalized spacial score (nSPS) is 34.5. The Labute approximate surface area is 35.9 Å². The number of hydrogen-bond acceptors (Lipinski definition) is 2. The monoisotopic (exact) mass is 88.0 g/mol. The minimum Gasteiger partial charge on any atom is -0.299 e. The zero-order valence-electron chi connectivity index (χ0n) is 3.31. The van der Waals surface area contributed by atoms with Crippen LogP contribution < -0.4 is 5.48 Å². The molecule has 0 spiro atoms. The maximum absolute atomic E-state index is 10.1. The summed E-state index contributed by atoms with van der Waals surface area (Å²) in [6, 6.07) is 0. The van der Waals surface area contributed by atoms with Gasteiger partial charge in [-0.25, -0.2) is 5.11 Å². The van der Waals surface area contributed by atoms with Gasteiger partial charge in [-0.1, -0.05) is 0 Å². The second-order valence-corrected chi connectivity index (χ2v) is 1.28. The fourth-order valence-corrected chi connectivity index (χ4v) is 0.363. The van der Waals surface area contributed by atoms with Crippen LogP contribution >= 0.6 is 0 Å². The molecule has 3 nitrogen and oxygen atoms in total. The van der Waals surface area contributed by atoms with Crippen LogP contribution in [0.4, 0.5) is 0 Å². The standard InChI is InChI=1S/C3H6NO2/c5-3-1-4-6-2-3/h3-4H,1-2H2. The Kier molecular flexibility index (Phi) is 1.05. The van der Waals surface area contributed by atoms with Crippen LogP contribution in [-0.2, 0) is 9.94 Å². The zero-order valence-corrected chi connectivity index (χ0v) is 3.31. The molecule has 3 heteroatoms. The average Bonchev–Trinajstić information content (AvgIpc) is 1.86. The molecule has 0 aromatic heterocycles. The molecular formula is C3H6NO2. The summed E-state index contributed by atoms with van der Waals surface area (Å²) in [5.41, 5.74) is 2.46. The second-order valence-electron chi connectivity index (χ2n) is 1.28. The van der Waals surface area contributed by atoms with Gasteiger partial charge in [-0.05, 0) is 0 Å². The van der Waals surface area contributed by atoms with Crippen LogP contribution in [0.25, 0.3) is 0 Å². The van der Waals surface area contributed by atoms with Gasteiger partial charge in [-0.2, -0.15) is 5.48 Å². The van der Waals surface area contributed by atoms with Gasteiger partial charge >= 0.3 is 0 Å². The van der Waals surface area contributed by atoms with E-state index < -0.39 is 6.10 Å². The molecule has 0 aromatic carbocycles. The maximum Gasteiger partial charge on any atom is 0.133 e. The Hall–Kier alpha value is -0.120. The van der Waals surface area contributed by atoms with Gasteiger partial charge in [-0.15, -0.1) is 0 Å². The Morgan fingerprint density at radius 3 is 2.83 bits per heavy atom. The SMILES string of the molecule is [O]C1CNOC1. The molecule has 1 fully saturated rings. The fraction of sp³-hybridized carbons (Fsp3) is 1.00. The van der Waals surface area contributed by atoms with E-state index in [0.717, 1.165) is 0 Å². The molecule has 1 rings (SSSR count). The molecule has 1 N–H and O–H groups in total. The van der Waals surface area contributed by atoms with E-state index in [1.165, 1.54) is 0 Å². The van der Waals surface area contributed by atoms with E-state index >= 15 is 0 Å². The fourth-order valence-electron chi connectivity index (χ4n) is 0.363. The third-order valence-electron chi connectivity index (χ3n) is 0.682. The van der Waals surface area contributed by atoms with Crippen molar-refractivity contribution in [2.45, 2.75) is 6.10 Å². The van der Waals surface area contributed by atoms with E-state index in [2.05, 4.69) is 10.3 Å². The van der Waals surface area contributed by atoms with Crippen LogP contribution in [0.1, 0.15) is 0 Å². The topological polar surface area (TPSA) is 41.2 Å². The van der Waals surface area contributed by atoms with Gasteiger partial charge in [-0.3, -0.25) is 4.84 Å². The van der Waals surface area contributed by atoms with E-state index in [0.29, 0.717) is 13.2 Å². The zero-order chi connectivity index (χ0) is 4.41. The molecule has 6 heavy (non-hydrogen) atoms. The van der Waals surface area contributed by atoms with Crippen molar-refractivity contribution < 1.29 is 9.94 Å². The van der Waals surface area contributed by atoms with Crippen molar-refractivity contribution in [2.24, 2.45) is 0 Å². The van der Waals surface area contributed by atoms with E-state index in [1.807, 2.05) is 0 Å². The molecule has 1 aliphatic rings. The van der Waals surface area contributed by atoms with Crippen molar-refractivity contribution in [3.05, 3.63) is 0 Å². The van der Waals surface area contributed by atoms with E-state index in [4.69, 9.17) is 0 Å². The van der Waals surface area contributed by atoms with E-state index in [9.17, 15) is 5.11 Å². The molecule has 35 valence electrons. The molecule has 0 aromatic rings. The average molecular weight is 88.1 g/mol. The predicted molar refractivity (Wildman–Crippen MR) is 18.4 cm³/mol. The smallest absolute Gasteiger partial charge is 0.133 e. The van der Waals surface area contributed by atoms with Crippen LogP contribution in [0.5, 0.6) is 0 Å². The summed E-state index contributed by atoms with van der Waals surface area (Å²) in [5.74, 6) is 0. The van der Waals surface area contributed by atoms with Gasteiger partial charge < -0.3 is 0 Å². The number of hydrogen-bond donors (Lipinski definition) is 1. The lowest BCUT2D eigenvalue weighted by molar-refractivity contribution is 0.0536. The van der Waals surface area contributed by atoms with Crippen molar-refractivity contribution >= 4 is 0 Å². The van der Waals surface area contributed by atoms with Crippen LogP contribution in [0, 0.1) is 0 Å². The highest BCUT2D eigenvalue weighted by atomic mass is 16.7. The molecule has 0 saturated carbocycles. The third kappa shape index (κ3) is 0.680. The van der Waals surface area contributed by atoms with Crippen molar-refractivity contribution in [2.75, 3.05) is 13.2 Å². The van der Waals surface area contributed by atoms with Crippen molar-refractivity contribution in [3.63, 3.8) is 0 Å². The number of rotatable bonds is 0. The van der Waals surface area contributed by atoms with E-state index in [1.54, 1.807) is 0 Å². The molecular weight excluding hydrogens is 82.0 g/mol. The summed E-state index contributed by atoms with van der Waals surface area (Å²) in [7, 11) is 0. The third-order valence-corrected chi connectivity index (χ3v) is 0.682. The summed E-state index contributed by atoms with van der Waals surface area (Å²) in [6.07, 6.45) is -0.537. The Balaban J connectivity index is 2.18. The summed E-state index contributed by atoms with van der Waals surface area (Å²) in [4.78, 5) is 4.49. The quantitative estimate of drug-likeness (QED) is 0.426. The van der Waals surface area contributed by atoms with Gasteiger partial charge in [0.15, 0.2) is 0 Å². The van der Waals surface area contributed by atoms with Gasteiger partial charge in [0.1, 0.15) is 6.10 Å². The van der Waals surface area contributed by atoms with Crippen LogP contribution in [0.3, 0.4) is 0 Å². The first kappa shape index (κ1) is 4.05. The molecule has 1 saturated heterocycles. The first-order chi connectivity index (χ1) is 2.89. The number of hydroxylamine groups is 1. The Bertz CT molecular complexity index is 42.1. The Morgan fingerprint density at radius 1 is 1.83 bits per heavy atom. The lowest BCUT2D eigenvalue weighted by atomic mass is 10.4. The summed E-state index contributed by atoms with van der Waals surface area (Å²) >= 11 is 0. The van der Waals surface area contributed by atoms with Gasteiger partial charge in [0.05, 0.1) is 13.2 Å². The predicted octanol–water partition coefficient (Wildman–Crippen LogP) is -0.680. The first-order valence-corrected chi connectivity index (χ1v) is 1.90. The lowest BCUT2D eigenvalue weighted by Gasteiger charge is -1.82. The van der Waals surface area contributed by atoms with Crippen molar-refractivity contribution in [1.82, 2.24) is 5.48 Å². The molecule has 1 unspecified atom stereocenters. The highest BCUT2D eigenvalue weighted by molar-refractivity contribution is 4.57. The summed E-state index contributed by atoms with van der Waals surface area (Å²) in [6.45, 7) is 0.778. The first-order valence-electron chi connectivity index (χ1n) is 1.90. The van der Waals surface area contributed by atoms with Gasteiger partial charge in [0, 0.05) is 0 Å². The van der Waals surface area contributed by atoms with E-state index in [-0.39, 0.29) is 0 Å². The summed E-state index contributed by atoms with van der Waals surface area (Å²) < 4.78 is 0. The minimum absolute atomic E-state index is 0.319. The van der Waals surface area contributed by atoms with Gasteiger partial charge in [0.2, 0.25) is 0 Å². The molecule has 1 atom stereocenters. The largest absolute Gasteiger partial charge is 0.299 e. The highest BCUT2D eigenvalue weighted by Crippen LogP contribution is 1.88. The van der Waals surface area contributed by atoms with Crippen molar-refractivity contribution in [1.29, 1.82) is 0 Å². The molecule has 1 aliphatic heterocycles. The highest BCUT2D eigenvalue weighted by Gasteiger charge is 2.11. The van der Waals surface area contributed by atoms with Gasteiger partial charge in [0.25, 0.3) is 0 Å². The maximum atomic E-state index is 10.1. The molecule has 0 aliphatic carbocycles. The molecule has 1 radical (unpaired) electrons. The Morgan fingerprint density at radius 2 is 2.67 bits per heavy atom. The van der Waals surface area contributed by atoms with Crippen molar-refractivity contribution in [3.8, 4) is 0 Å². The number of nitrogens with one attached hydrogen (secondary N) is 1. The summed E-state index contributed by atoms with van der Waals surface area (Å²) in [5, 5.41) is 10.1. The van der Waals surface area contributed by atoms with Crippen LogP contribution in [-0.4, -0.2) is 19.3 Å². The minimum atomic E-state index is -0.537. The molecule has 0 amide bonds. The molecule has 1 heterocycles. The lowest BCUT2D eigenvalue weighted by Crippen LogP contribution is -2.10.